The van der Waals surface area contributed by atoms with Crippen LogP contribution < -0.4 is 4.74 Å². The molecule has 0 saturated heterocycles. The van der Waals surface area contributed by atoms with Crippen LogP contribution in [0.3, 0.4) is 0 Å². The van der Waals surface area contributed by atoms with E-state index in [1.807, 2.05) is 0 Å². The van der Waals surface area contributed by atoms with Gasteiger partial charge < -0.3 is 4.74 Å². The molecule has 0 bridgehead atoms. The number of imidazole rings is 1. The number of hydrogen-bond acceptors (Lipinski definition) is 4. The van der Waals surface area contributed by atoms with Crippen molar-refractivity contribution in [3.05, 3.63) is 53.0 Å². The Labute approximate surface area is 117 Å². The number of ether oxygens (including phenoxy) is 1. The largest absolute Gasteiger partial charge is 0.434 e. The molecule has 0 atom stereocenters. The van der Waals surface area contributed by atoms with Gasteiger partial charge in [0.15, 0.2) is 0 Å². The lowest BCUT2D eigenvalue weighted by Gasteiger charge is -2.07. The van der Waals surface area contributed by atoms with Crippen LogP contribution >= 0.6 is 15.9 Å². The highest BCUT2D eigenvalue weighted by Gasteiger charge is 2.11. The second kappa shape index (κ2) is 4.71. The zero-order valence-corrected chi connectivity index (χ0v) is 11.2. The Morgan fingerprint density at radius 2 is 2.16 bits per heavy atom. The van der Waals surface area contributed by atoms with Crippen molar-refractivity contribution < 1.29 is 4.74 Å². The Balaban J connectivity index is 2.11. The van der Waals surface area contributed by atoms with Gasteiger partial charge in [0.1, 0.15) is 16.4 Å². The van der Waals surface area contributed by atoms with Crippen molar-refractivity contribution in [2.75, 3.05) is 0 Å². The van der Waals surface area contributed by atoms with Gasteiger partial charge in [-0.15, -0.1) is 0 Å². The molecule has 92 valence electrons. The van der Waals surface area contributed by atoms with E-state index < -0.39 is 0 Å². The lowest BCUT2D eigenvalue weighted by Crippen LogP contribution is -1.96. The predicted octanol–water partition coefficient (Wildman–Crippen LogP) is 3.16. The highest BCUT2D eigenvalue weighted by atomic mass is 79.9. The maximum Gasteiger partial charge on any atom is 0.265 e. The minimum atomic E-state index is 0.349. The van der Waals surface area contributed by atoms with Gasteiger partial charge in [-0.1, -0.05) is 12.1 Å². The number of nitriles is 1. The van der Waals surface area contributed by atoms with Gasteiger partial charge in [-0.25, -0.2) is 9.97 Å². The second-order valence-corrected chi connectivity index (χ2v) is 4.55. The first-order chi connectivity index (χ1) is 9.28. The zero-order valence-electron chi connectivity index (χ0n) is 9.62. The number of nitrogens with zero attached hydrogens (tertiary/aromatic N) is 4. The molecule has 5 nitrogen and oxygen atoms in total. The first-order valence-electron chi connectivity index (χ1n) is 5.44. The summed E-state index contributed by atoms with van der Waals surface area (Å²) in [5, 5.41) is 9.04. The Morgan fingerprint density at radius 3 is 3.00 bits per heavy atom. The summed E-state index contributed by atoms with van der Waals surface area (Å²) in [6, 6.07) is 9.08. The van der Waals surface area contributed by atoms with Gasteiger partial charge in [0, 0.05) is 18.6 Å². The lowest BCUT2D eigenvalue weighted by molar-refractivity contribution is 0.462. The summed E-state index contributed by atoms with van der Waals surface area (Å²) in [6.07, 6.45) is 5.24. The van der Waals surface area contributed by atoms with Crippen molar-refractivity contribution in [3.63, 3.8) is 0 Å². The van der Waals surface area contributed by atoms with Crippen LogP contribution in [0.25, 0.3) is 5.65 Å². The maximum atomic E-state index is 9.04. The van der Waals surface area contributed by atoms with Crippen LogP contribution in [0.2, 0.25) is 0 Å². The van der Waals surface area contributed by atoms with Crippen LogP contribution in [0.4, 0.5) is 0 Å². The predicted molar refractivity (Wildman–Crippen MR) is 71.9 cm³/mol. The molecule has 2 aromatic heterocycles. The van der Waals surface area contributed by atoms with Crippen LogP contribution in [-0.2, 0) is 0 Å². The number of hydrogen-bond donors (Lipinski definition) is 0. The normalized spacial score (nSPS) is 10.3. The smallest absolute Gasteiger partial charge is 0.265 e. The monoisotopic (exact) mass is 314 g/mol. The van der Waals surface area contributed by atoms with Gasteiger partial charge in [-0.3, -0.25) is 4.40 Å². The molecule has 6 heteroatoms. The second-order valence-electron chi connectivity index (χ2n) is 3.74. The minimum absolute atomic E-state index is 0.349. The van der Waals surface area contributed by atoms with E-state index in [0.717, 1.165) is 0 Å². The highest BCUT2D eigenvalue weighted by molar-refractivity contribution is 9.10. The van der Waals surface area contributed by atoms with Gasteiger partial charge in [0.05, 0.1) is 5.56 Å². The van der Waals surface area contributed by atoms with Crippen LogP contribution in [0.5, 0.6) is 11.6 Å². The molecule has 0 fully saturated rings. The summed E-state index contributed by atoms with van der Waals surface area (Å²) in [4.78, 5) is 8.43. The fraction of sp³-hybridized carbons (Fsp3) is 0. The van der Waals surface area contributed by atoms with Gasteiger partial charge in [-0.2, -0.15) is 5.26 Å². The topological polar surface area (TPSA) is 63.2 Å². The van der Waals surface area contributed by atoms with E-state index in [1.54, 1.807) is 47.3 Å². The van der Waals surface area contributed by atoms with Crippen molar-refractivity contribution >= 4 is 21.6 Å². The van der Waals surface area contributed by atoms with E-state index in [2.05, 4.69) is 32.0 Å². The third kappa shape index (κ3) is 2.16. The number of para-hydroxylation sites is 1. The summed E-state index contributed by atoms with van der Waals surface area (Å²) >= 11 is 3.31. The Kier molecular flexibility index (Phi) is 2.89. The van der Waals surface area contributed by atoms with Gasteiger partial charge in [0.25, 0.3) is 5.88 Å². The van der Waals surface area contributed by atoms with E-state index >= 15 is 0 Å². The molecule has 0 aliphatic heterocycles. The van der Waals surface area contributed by atoms with Crippen LogP contribution in [0, 0.1) is 11.3 Å². The van der Waals surface area contributed by atoms with E-state index in [9.17, 15) is 0 Å². The first-order valence-corrected chi connectivity index (χ1v) is 6.23. The van der Waals surface area contributed by atoms with Crippen molar-refractivity contribution in [3.8, 4) is 17.7 Å². The number of aromatic nitrogens is 3. The van der Waals surface area contributed by atoms with Crippen molar-refractivity contribution in [1.29, 1.82) is 5.26 Å². The SMILES string of the molecule is N#Cc1ccccc1Oc1nc(Br)cn2ccnc12. The molecule has 19 heavy (non-hydrogen) atoms. The van der Waals surface area contributed by atoms with E-state index in [-0.39, 0.29) is 0 Å². The fourth-order valence-corrected chi connectivity index (χ4v) is 2.08. The van der Waals surface area contributed by atoms with Gasteiger partial charge >= 0.3 is 0 Å². The molecular weight excluding hydrogens is 308 g/mol. The molecule has 0 saturated carbocycles. The van der Waals surface area contributed by atoms with Crippen molar-refractivity contribution in [2.45, 2.75) is 0 Å². The summed E-state index contributed by atoms with van der Waals surface area (Å²) < 4.78 is 8.13. The van der Waals surface area contributed by atoms with Crippen LogP contribution in [0.1, 0.15) is 5.56 Å². The Hall–Kier alpha value is -2.39. The molecule has 0 spiro atoms. The number of benzene rings is 1. The molecule has 3 rings (SSSR count). The van der Waals surface area contributed by atoms with Crippen LogP contribution in [0.15, 0.2) is 47.5 Å². The van der Waals surface area contributed by atoms with E-state index in [4.69, 9.17) is 10.00 Å². The fourth-order valence-electron chi connectivity index (χ4n) is 1.69. The Bertz CT molecular complexity index is 791. The maximum absolute atomic E-state index is 9.04. The standard InChI is InChI=1S/C13H7BrN4O/c14-11-8-18-6-5-16-12(18)13(17-11)19-10-4-2-1-3-9(10)7-15/h1-6,8H. The molecule has 0 aliphatic rings. The molecule has 0 N–H and O–H groups in total. The molecule has 0 amide bonds. The lowest BCUT2D eigenvalue weighted by atomic mass is 10.2. The van der Waals surface area contributed by atoms with E-state index in [0.29, 0.717) is 27.4 Å². The molecule has 3 aromatic rings. The number of halogens is 1. The average Bonchev–Trinajstić information content (AvgIpc) is 2.87. The van der Waals surface area contributed by atoms with E-state index in [1.165, 1.54) is 0 Å². The first kappa shape index (κ1) is 11.7. The summed E-state index contributed by atoms with van der Waals surface area (Å²) in [6.45, 7) is 0. The van der Waals surface area contributed by atoms with Gasteiger partial charge in [0.2, 0.25) is 5.65 Å². The quantitative estimate of drug-likeness (QED) is 0.729. The third-order valence-corrected chi connectivity index (χ3v) is 2.91. The van der Waals surface area contributed by atoms with Gasteiger partial charge in [-0.05, 0) is 28.1 Å². The highest BCUT2D eigenvalue weighted by Crippen LogP contribution is 2.27. The summed E-state index contributed by atoms with van der Waals surface area (Å²) in [7, 11) is 0. The molecule has 1 aromatic carbocycles. The molecule has 0 aliphatic carbocycles. The third-order valence-electron chi connectivity index (χ3n) is 2.53. The molecule has 2 heterocycles. The zero-order chi connectivity index (χ0) is 13.2. The molecule has 0 radical (unpaired) electrons. The molecular formula is C13H7BrN4O. The number of rotatable bonds is 2. The summed E-state index contributed by atoms with van der Waals surface area (Å²) in [5.74, 6) is 0.808. The van der Waals surface area contributed by atoms with Crippen molar-refractivity contribution in [2.24, 2.45) is 0 Å². The molecule has 0 unspecified atom stereocenters. The number of fused-ring (bicyclic) bond motifs is 1. The van der Waals surface area contributed by atoms with Crippen molar-refractivity contribution in [1.82, 2.24) is 14.4 Å². The average molecular weight is 315 g/mol. The Morgan fingerprint density at radius 1 is 1.32 bits per heavy atom. The minimum Gasteiger partial charge on any atom is -0.434 e. The van der Waals surface area contributed by atoms with Crippen LogP contribution in [-0.4, -0.2) is 14.4 Å². The summed E-state index contributed by atoms with van der Waals surface area (Å²) in [5.41, 5.74) is 1.05.